The number of likely N-dealkylation sites (tertiary alicyclic amines) is 1. The maximum Gasteiger partial charge on any atom is 0.310 e. The van der Waals surface area contributed by atoms with Crippen LogP contribution in [0.25, 0.3) is 0 Å². The van der Waals surface area contributed by atoms with Gasteiger partial charge < -0.3 is 10.0 Å². The largest absolute Gasteiger partial charge is 0.481 e. The molecule has 1 N–H and O–H groups in total. The third-order valence-electron chi connectivity index (χ3n) is 4.96. The van der Waals surface area contributed by atoms with E-state index in [1.54, 1.807) is 0 Å². The normalized spacial score (nSPS) is 30.3. The highest BCUT2D eigenvalue weighted by Crippen LogP contribution is 2.42. The first kappa shape index (κ1) is 14.4. The lowest BCUT2D eigenvalue weighted by atomic mass is 9.81. The highest BCUT2D eigenvalue weighted by molar-refractivity contribution is 5.85. The van der Waals surface area contributed by atoms with Gasteiger partial charge in [0.2, 0.25) is 5.91 Å². The molecule has 0 radical (unpaired) electrons. The van der Waals surface area contributed by atoms with Gasteiger partial charge in [0, 0.05) is 19.0 Å². The maximum atomic E-state index is 12.4. The van der Waals surface area contributed by atoms with Gasteiger partial charge in [-0.2, -0.15) is 0 Å². The van der Waals surface area contributed by atoms with Gasteiger partial charge in [0.05, 0.1) is 5.41 Å². The molecule has 2 fully saturated rings. The van der Waals surface area contributed by atoms with Gasteiger partial charge in [-0.1, -0.05) is 19.8 Å². The number of carbonyl (C=O) groups excluding carboxylic acids is 1. The van der Waals surface area contributed by atoms with E-state index in [0.717, 1.165) is 32.2 Å². The molecule has 2 rings (SSSR count). The van der Waals surface area contributed by atoms with E-state index in [-0.39, 0.29) is 18.4 Å². The lowest BCUT2D eigenvalue weighted by molar-refractivity contribution is -0.154. The van der Waals surface area contributed by atoms with Crippen LogP contribution in [0.2, 0.25) is 0 Å². The van der Waals surface area contributed by atoms with Gasteiger partial charge in [0.15, 0.2) is 0 Å². The summed E-state index contributed by atoms with van der Waals surface area (Å²) >= 11 is 0. The molecule has 0 bridgehead atoms. The minimum Gasteiger partial charge on any atom is -0.481 e. The first-order chi connectivity index (χ1) is 8.94. The summed E-state index contributed by atoms with van der Waals surface area (Å²) in [6.45, 7) is 5.08. The Hall–Kier alpha value is -1.06. The Balaban J connectivity index is 2.02. The van der Waals surface area contributed by atoms with Crippen LogP contribution < -0.4 is 0 Å². The maximum absolute atomic E-state index is 12.4. The Labute approximate surface area is 115 Å². The van der Waals surface area contributed by atoms with E-state index >= 15 is 0 Å². The molecule has 4 heteroatoms. The molecule has 1 saturated heterocycles. The molecule has 2 aliphatic rings. The van der Waals surface area contributed by atoms with Crippen LogP contribution in [-0.2, 0) is 9.59 Å². The number of aliphatic carboxylic acids is 1. The van der Waals surface area contributed by atoms with Crippen LogP contribution in [0.4, 0.5) is 0 Å². The van der Waals surface area contributed by atoms with Crippen LogP contribution in [0.3, 0.4) is 0 Å². The van der Waals surface area contributed by atoms with Crippen LogP contribution >= 0.6 is 0 Å². The first-order valence-electron chi connectivity index (χ1n) is 7.47. The number of carboxylic acids is 1. The lowest BCUT2D eigenvalue weighted by Crippen LogP contribution is -2.46. The summed E-state index contributed by atoms with van der Waals surface area (Å²) in [5.41, 5.74) is -0.778. The predicted molar refractivity (Wildman–Crippen MR) is 72.7 cm³/mol. The van der Waals surface area contributed by atoms with Gasteiger partial charge in [-0.05, 0) is 38.5 Å². The first-order valence-corrected chi connectivity index (χ1v) is 7.47. The second-order valence-electron chi connectivity index (χ2n) is 6.54. The number of nitrogens with zero attached hydrogens (tertiary/aromatic N) is 1. The smallest absolute Gasteiger partial charge is 0.310 e. The molecule has 2 atom stereocenters. The number of hydrogen-bond donors (Lipinski definition) is 1. The summed E-state index contributed by atoms with van der Waals surface area (Å²) in [7, 11) is 0. The molecule has 2 unspecified atom stereocenters. The molecule has 1 aliphatic heterocycles. The fourth-order valence-corrected chi connectivity index (χ4v) is 3.69. The fourth-order valence-electron chi connectivity index (χ4n) is 3.69. The average Bonchev–Trinajstić information content (AvgIpc) is 2.78. The summed E-state index contributed by atoms with van der Waals surface area (Å²) in [6, 6.07) is 0.253. The Morgan fingerprint density at radius 1 is 1.26 bits per heavy atom. The van der Waals surface area contributed by atoms with Crippen molar-refractivity contribution in [3.63, 3.8) is 0 Å². The van der Waals surface area contributed by atoms with E-state index in [2.05, 4.69) is 13.8 Å². The zero-order chi connectivity index (χ0) is 14.0. The van der Waals surface area contributed by atoms with Gasteiger partial charge in [0.25, 0.3) is 0 Å². The van der Waals surface area contributed by atoms with E-state index in [1.807, 2.05) is 4.90 Å². The molecular weight excluding hydrogens is 242 g/mol. The number of carboxylic acid groups (broad SMARTS) is 1. The molecule has 108 valence electrons. The van der Waals surface area contributed by atoms with Crippen molar-refractivity contribution in [1.82, 2.24) is 4.90 Å². The fraction of sp³-hybridized carbons (Fsp3) is 0.867. The Kier molecular flexibility index (Phi) is 4.16. The quantitative estimate of drug-likeness (QED) is 0.855. The number of piperidine rings is 1. The van der Waals surface area contributed by atoms with Crippen molar-refractivity contribution in [1.29, 1.82) is 0 Å². The van der Waals surface area contributed by atoms with Crippen molar-refractivity contribution in [2.24, 2.45) is 11.3 Å². The lowest BCUT2D eigenvalue weighted by Gasteiger charge is -2.38. The zero-order valence-corrected chi connectivity index (χ0v) is 12.0. The molecule has 0 aromatic heterocycles. The zero-order valence-electron chi connectivity index (χ0n) is 12.0. The number of amides is 1. The van der Waals surface area contributed by atoms with E-state index < -0.39 is 11.4 Å². The molecule has 0 aromatic rings. The van der Waals surface area contributed by atoms with Crippen LogP contribution in [0.5, 0.6) is 0 Å². The van der Waals surface area contributed by atoms with Crippen LogP contribution in [-0.4, -0.2) is 34.5 Å². The second-order valence-corrected chi connectivity index (χ2v) is 6.54. The minimum absolute atomic E-state index is 0.0451. The summed E-state index contributed by atoms with van der Waals surface area (Å²) < 4.78 is 0. The molecular formula is C15H25NO3. The minimum atomic E-state index is -0.781. The van der Waals surface area contributed by atoms with Crippen LogP contribution in [0.1, 0.15) is 58.8 Å². The SMILES string of the molecule is CC1CCN(C(=O)CC2(C(=O)O)CCCC2)C(C)C1. The second kappa shape index (κ2) is 5.51. The van der Waals surface area contributed by atoms with E-state index in [9.17, 15) is 14.7 Å². The Morgan fingerprint density at radius 2 is 1.89 bits per heavy atom. The third kappa shape index (κ3) is 2.93. The van der Waals surface area contributed by atoms with Crippen LogP contribution in [0.15, 0.2) is 0 Å². The molecule has 1 saturated carbocycles. The van der Waals surface area contributed by atoms with Gasteiger partial charge in [-0.3, -0.25) is 9.59 Å². The summed E-state index contributed by atoms with van der Waals surface area (Å²) in [5, 5.41) is 9.45. The number of rotatable bonds is 3. The van der Waals surface area contributed by atoms with Gasteiger partial charge in [0.1, 0.15) is 0 Å². The van der Waals surface area contributed by atoms with Gasteiger partial charge in [-0.25, -0.2) is 0 Å². The number of hydrogen-bond acceptors (Lipinski definition) is 2. The van der Waals surface area contributed by atoms with E-state index in [0.29, 0.717) is 18.8 Å². The summed E-state index contributed by atoms with van der Waals surface area (Å²) in [4.78, 5) is 25.9. The molecule has 1 heterocycles. The monoisotopic (exact) mass is 267 g/mol. The van der Waals surface area contributed by atoms with Crippen LogP contribution in [0, 0.1) is 11.3 Å². The molecule has 1 amide bonds. The van der Waals surface area contributed by atoms with Crippen molar-refractivity contribution < 1.29 is 14.7 Å². The Bertz CT molecular complexity index is 360. The van der Waals surface area contributed by atoms with Crippen molar-refractivity contribution in [3.8, 4) is 0 Å². The van der Waals surface area contributed by atoms with Crippen molar-refractivity contribution in [3.05, 3.63) is 0 Å². The topological polar surface area (TPSA) is 57.6 Å². The molecule has 4 nitrogen and oxygen atoms in total. The predicted octanol–water partition coefficient (Wildman–Crippen LogP) is 2.67. The summed E-state index contributed by atoms with van der Waals surface area (Å²) in [6.07, 6.45) is 5.46. The van der Waals surface area contributed by atoms with Gasteiger partial charge >= 0.3 is 5.97 Å². The standard InChI is InChI=1S/C15H25NO3/c1-11-5-8-16(12(2)9-11)13(17)10-15(14(18)19)6-3-4-7-15/h11-12H,3-10H2,1-2H3,(H,18,19). The van der Waals surface area contributed by atoms with E-state index in [1.165, 1.54) is 0 Å². The highest BCUT2D eigenvalue weighted by atomic mass is 16.4. The van der Waals surface area contributed by atoms with Crippen molar-refractivity contribution in [2.75, 3.05) is 6.54 Å². The molecule has 0 spiro atoms. The highest BCUT2D eigenvalue weighted by Gasteiger charge is 2.44. The van der Waals surface area contributed by atoms with Gasteiger partial charge in [-0.15, -0.1) is 0 Å². The number of carbonyl (C=O) groups is 2. The summed E-state index contributed by atoms with van der Waals surface area (Å²) in [5.74, 6) is -0.0703. The average molecular weight is 267 g/mol. The van der Waals surface area contributed by atoms with E-state index in [4.69, 9.17) is 0 Å². The third-order valence-corrected chi connectivity index (χ3v) is 4.96. The molecule has 19 heavy (non-hydrogen) atoms. The van der Waals surface area contributed by atoms with Crippen molar-refractivity contribution >= 4 is 11.9 Å². The molecule has 0 aromatic carbocycles. The van der Waals surface area contributed by atoms with Crippen molar-refractivity contribution in [2.45, 2.75) is 64.8 Å². The Morgan fingerprint density at radius 3 is 2.42 bits per heavy atom. The molecule has 1 aliphatic carbocycles.